The van der Waals surface area contributed by atoms with Crippen LogP contribution in [0.2, 0.25) is 0 Å². The summed E-state index contributed by atoms with van der Waals surface area (Å²) in [4.78, 5) is 19.0. The van der Waals surface area contributed by atoms with Crippen LogP contribution in [0.25, 0.3) is 0 Å². The van der Waals surface area contributed by atoms with Crippen LogP contribution in [0.3, 0.4) is 0 Å². The summed E-state index contributed by atoms with van der Waals surface area (Å²) < 4.78 is 0. The maximum absolute atomic E-state index is 12.7. The Morgan fingerprint density at radius 3 is 3.04 bits per heavy atom. The van der Waals surface area contributed by atoms with Crippen molar-refractivity contribution in [2.24, 2.45) is 0 Å². The highest BCUT2D eigenvalue weighted by molar-refractivity contribution is 8.77. The van der Waals surface area contributed by atoms with E-state index in [1.165, 1.54) is 37.0 Å². The van der Waals surface area contributed by atoms with E-state index in [0.29, 0.717) is 12.3 Å². The van der Waals surface area contributed by atoms with E-state index in [1.54, 1.807) is 6.20 Å². The predicted molar refractivity (Wildman–Crippen MR) is 99.5 cm³/mol. The van der Waals surface area contributed by atoms with Gasteiger partial charge in [-0.15, -0.1) is 0 Å². The second-order valence-electron chi connectivity index (χ2n) is 6.46. The standard InChI is InChI=1S/C18H26N2OS2/c21-18(9-2-1-7-16-10-13-22-23-16)20-12-4-3-8-17(20)15-6-5-11-19-14-15/h5-6,11,14,16-17H,1-4,7-10,12-13H2/t16?,17-/m1/s1. The van der Waals surface area contributed by atoms with Gasteiger partial charge in [-0.1, -0.05) is 34.1 Å². The molecule has 2 aliphatic rings. The van der Waals surface area contributed by atoms with Crippen LogP contribution in [-0.2, 0) is 4.79 Å². The van der Waals surface area contributed by atoms with Crippen molar-refractivity contribution >= 4 is 27.5 Å². The van der Waals surface area contributed by atoms with Gasteiger partial charge < -0.3 is 4.90 Å². The first-order valence-corrected chi connectivity index (χ1v) is 11.2. The second-order valence-corrected chi connectivity index (χ2v) is 9.25. The first kappa shape index (κ1) is 17.2. The molecular formula is C18H26N2OS2. The Hall–Kier alpha value is -0.680. The van der Waals surface area contributed by atoms with Crippen molar-refractivity contribution in [1.82, 2.24) is 9.88 Å². The summed E-state index contributed by atoms with van der Waals surface area (Å²) in [6.07, 6.45) is 12.7. The van der Waals surface area contributed by atoms with Crippen LogP contribution in [0.5, 0.6) is 0 Å². The Balaban J connectivity index is 1.48. The van der Waals surface area contributed by atoms with E-state index in [4.69, 9.17) is 0 Å². The minimum atomic E-state index is 0.242. The zero-order chi connectivity index (χ0) is 15.9. The van der Waals surface area contributed by atoms with E-state index in [2.05, 4.69) is 16.0 Å². The second kappa shape index (κ2) is 8.97. The van der Waals surface area contributed by atoms with Gasteiger partial charge >= 0.3 is 0 Å². The van der Waals surface area contributed by atoms with Gasteiger partial charge in [-0.05, 0) is 50.2 Å². The van der Waals surface area contributed by atoms with Gasteiger partial charge in [0, 0.05) is 36.4 Å². The van der Waals surface area contributed by atoms with E-state index in [1.807, 2.05) is 33.9 Å². The summed E-state index contributed by atoms with van der Waals surface area (Å²) in [5.41, 5.74) is 1.19. The van der Waals surface area contributed by atoms with Crippen LogP contribution in [0.1, 0.15) is 63.0 Å². The SMILES string of the molecule is O=C(CCCCC1CCSS1)N1CCCC[C@@H]1c1cccnc1. The predicted octanol–water partition coefficient (Wildman–Crippen LogP) is 4.85. The summed E-state index contributed by atoms with van der Waals surface area (Å²) in [5, 5.41) is 0.827. The van der Waals surface area contributed by atoms with Crippen LogP contribution in [0, 0.1) is 0 Å². The van der Waals surface area contributed by atoms with Crippen molar-refractivity contribution in [2.45, 2.75) is 62.7 Å². The molecule has 2 atom stereocenters. The maximum Gasteiger partial charge on any atom is 0.223 e. The molecule has 2 aliphatic heterocycles. The number of pyridine rings is 1. The molecule has 1 unspecified atom stereocenters. The third-order valence-electron chi connectivity index (χ3n) is 4.79. The van der Waals surface area contributed by atoms with Gasteiger partial charge in [0.1, 0.15) is 0 Å². The maximum atomic E-state index is 12.7. The number of nitrogens with zero attached hydrogens (tertiary/aromatic N) is 2. The van der Waals surface area contributed by atoms with Gasteiger partial charge in [-0.3, -0.25) is 9.78 Å². The highest BCUT2D eigenvalue weighted by atomic mass is 33.1. The molecule has 0 spiro atoms. The first-order valence-electron chi connectivity index (χ1n) is 8.82. The Bertz CT molecular complexity index is 491. The van der Waals surface area contributed by atoms with Gasteiger partial charge in [0.2, 0.25) is 5.91 Å². The smallest absolute Gasteiger partial charge is 0.223 e. The quantitative estimate of drug-likeness (QED) is 0.542. The minimum Gasteiger partial charge on any atom is -0.336 e. The third-order valence-corrected chi connectivity index (χ3v) is 7.79. The zero-order valence-corrected chi connectivity index (χ0v) is 15.3. The molecule has 0 N–H and O–H groups in total. The lowest BCUT2D eigenvalue weighted by Crippen LogP contribution is -2.38. The summed E-state index contributed by atoms with van der Waals surface area (Å²) in [6, 6.07) is 4.33. The molecule has 0 saturated carbocycles. The summed E-state index contributed by atoms with van der Waals surface area (Å²) >= 11 is 0. The summed E-state index contributed by atoms with van der Waals surface area (Å²) in [7, 11) is 4.04. The molecule has 0 aliphatic carbocycles. The van der Waals surface area contributed by atoms with Gasteiger partial charge in [-0.25, -0.2) is 0 Å². The molecular weight excluding hydrogens is 324 g/mol. The Labute approximate surface area is 147 Å². The van der Waals surface area contributed by atoms with Gasteiger partial charge in [0.15, 0.2) is 0 Å². The van der Waals surface area contributed by atoms with Crippen LogP contribution in [-0.4, -0.2) is 33.3 Å². The molecule has 2 saturated heterocycles. The topological polar surface area (TPSA) is 33.2 Å². The zero-order valence-electron chi connectivity index (χ0n) is 13.7. The van der Waals surface area contributed by atoms with E-state index >= 15 is 0 Å². The molecule has 0 bridgehead atoms. The largest absolute Gasteiger partial charge is 0.336 e. The number of carbonyl (C=O) groups is 1. The average molecular weight is 351 g/mol. The van der Waals surface area contributed by atoms with E-state index in [9.17, 15) is 4.79 Å². The minimum absolute atomic E-state index is 0.242. The molecule has 1 aromatic heterocycles. The van der Waals surface area contributed by atoms with Crippen molar-refractivity contribution in [1.29, 1.82) is 0 Å². The number of likely N-dealkylation sites (tertiary alicyclic amines) is 1. The van der Waals surface area contributed by atoms with Gasteiger partial charge in [0.05, 0.1) is 6.04 Å². The molecule has 1 aromatic rings. The summed E-state index contributed by atoms with van der Waals surface area (Å²) in [5.74, 6) is 1.64. The molecule has 0 radical (unpaired) electrons. The monoisotopic (exact) mass is 350 g/mol. The lowest BCUT2D eigenvalue weighted by Gasteiger charge is -2.36. The number of aromatic nitrogens is 1. The van der Waals surface area contributed by atoms with E-state index in [-0.39, 0.29) is 6.04 Å². The lowest BCUT2D eigenvalue weighted by atomic mass is 9.95. The Morgan fingerprint density at radius 1 is 1.30 bits per heavy atom. The third kappa shape index (κ3) is 4.90. The normalized spacial score (nSPS) is 24.8. The number of rotatable bonds is 6. The van der Waals surface area contributed by atoms with Crippen molar-refractivity contribution in [3.05, 3.63) is 30.1 Å². The average Bonchev–Trinajstić information content (AvgIpc) is 3.13. The lowest BCUT2D eigenvalue weighted by molar-refractivity contribution is -0.135. The Kier molecular flexibility index (Phi) is 6.69. The van der Waals surface area contributed by atoms with Crippen LogP contribution >= 0.6 is 21.6 Å². The van der Waals surface area contributed by atoms with Crippen LogP contribution < -0.4 is 0 Å². The fourth-order valence-corrected chi connectivity index (χ4v) is 6.53. The fraction of sp³-hybridized carbons (Fsp3) is 0.667. The Morgan fingerprint density at radius 2 is 2.26 bits per heavy atom. The van der Waals surface area contributed by atoms with Crippen molar-refractivity contribution in [3.8, 4) is 0 Å². The van der Waals surface area contributed by atoms with Crippen molar-refractivity contribution in [2.75, 3.05) is 12.3 Å². The fourth-order valence-electron chi connectivity index (χ4n) is 3.51. The molecule has 126 valence electrons. The molecule has 3 nitrogen and oxygen atoms in total. The highest BCUT2D eigenvalue weighted by Gasteiger charge is 2.27. The number of amides is 1. The molecule has 1 amide bonds. The van der Waals surface area contributed by atoms with Crippen LogP contribution in [0.15, 0.2) is 24.5 Å². The molecule has 23 heavy (non-hydrogen) atoms. The molecule has 0 aromatic carbocycles. The summed E-state index contributed by atoms with van der Waals surface area (Å²) in [6.45, 7) is 0.910. The van der Waals surface area contributed by atoms with Gasteiger partial charge in [-0.2, -0.15) is 0 Å². The van der Waals surface area contributed by atoms with Gasteiger partial charge in [0.25, 0.3) is 0 Å². The molecule has 3 rings (SSSR count). The van der Waals surface area contributed by atoms with E-state index < -0.39 is 0 Å². The molecule has 3 heterocycles. The molecule has 5 heteroatoms. The molecule has 2 fully saturated rings. The number of unbranched alkanes of at least 4 members (excludes halogenated alkanes) is 1. The first-order chi connectivity index (χ1) is 11.3. The highest BCUT2D eigenvalue weighted by Crippen LogP contribution is 2.40. The number of piperidine rings is 1. The number of carbonyl (C=O) groups excluding carboxylic acids is 1. The van der Waals surface area contributed by atoms with Crippen molar-refractivity contribution < 1.29 is 4.79 Å². The number of hydrogen-bond acceptors (Lipinski definition) is 4. The number of hydrogen-bond donors (Lipinski definition) is 0. The van der Waals surface area contributed by atoms with Crippen LogP contribution in [0.4, 0.5) is 0 Å². The van der Waals surface area contributed by atoms with Crippen molar-refractivity contribution in [3.63, 3.8) is 0 Å². The van der Waals surface area contributed by atoms with E-state index in [0.717, 1.165) is 31.1 Å².